The van der Waals surface area contributed by atoms with Crippen molar-refractivity contribution in [2.45, 2.75) is 0 Å². The second-order valence-electron chi connectivity index (χ2n) is 4.82. The Morgan fingerprint density at radius 1 is 1.12 bits per heavy atom. The number of benzene rings is 2. The van der Waals surface area contributed by atoms with E-state index in [1.54, 1.807) is 24.3 Å². The van der Waals surface area contributed by atoms with E-state index in [1.807, 2.05) is 11.4 Å². The van der Waals surface area contributed by atoms with Crippen molar-refractivity contribution >= 4 is 23.6 Å². The smallest absolute Gasteiger partial charge is 0.331 e. The van der Waals surface area contributed by atoms with Crippen LogP contribution in [0, 0.1) is 23.0 Å². The number of carbonyl (C=O) groups is 2. The van der Waals surface area contributed by atoms with Crippen molar-refractivity contribution in [2.24, 2.45) is 0 Å². The molecule has 0 fully saturated rings. The van der Waals surface area contributed by atoms with Gasteiger partial charge >= 0.3 is 5.97 Å². The molecular weight excluding hydrogens is 330 g/mol. The Hall–Kier alpha value is -3.53. The quantitative estimate of drug-likeness (QED) is 0.669. The van der Waals surface area contributed by atoms with Gasteiger partial charge in [0.15, 0.2) is 6.61 Å². The van der Waals surface area contributed by atoms with Gasteiger partial charge in [-0.05, 0) is 35.9 Å². The van der Waals surface area contributed by atoms with E-state index in [2.05, 4.69) is 4.74 Å². The number of ether oxygens (including phenoxy) is 1. The monoisotopic (exact) mass is 342 g/mol. The number of esters is 1. The van der Waals surface area contributed by atoms with Crippen LogP contribution in [0.1, 0.15) is 11.1 Å². The number of anilines is 1. The minimum Gasteiger partial charge on any atom is -0.452 e. The van der Waals surface area contributed by atoms with Crippen molar-refractivity contribution in [3.05, 3.63) is 71.3 Å². The van der Waals surface area contributed by atoms with Gasteiger partial charge in [-0.2, -0.15) is 5.26 Å². The van der Waals surface area contributed by atoms with Gasteiger partial charge in [0.05, 0.1) is 11.6 Å². The molecular formula is C18H12F2N2O3. The predicted molar refractivity (Wildman–Crippen MR) is 86.1 cm³/mol. The third kappa shape index (κ3) is 5.25. The largest absolute Gasteiger partial charge is 0.452 e. The first-order valence-corrected chi connectivity index (χ1v) is 7.08. The van der Waals surface area contributed by atoms with E-state index in [0.29, 0.717) is 11.1 Å². The Kier molecular flexibility index (Phi) is 5.96. The molecule has 0 bridgehead atoms. The van der Waals surface area contributed by atoms with Crippen molar-refractivity contribution < 1.29 is 23.1 Å². The molecule has 2 rings (SSSR count). The summed E-state index contributed by atoms with van der Waals surface area (Å²) in [5.41, 5.74) is 0.544. The molecule has 0 aliphatic rings. The third-order valence-corrected chi connectivity index (χ3v) is 3.02. The molecule has 0 radical (unpaired) electrons. The van der Waals surface area contributed by atoms with Crippen LogP contribution in [-0.2, 0) is 14.3 Å². The lowest BCUT2D eigenvalue weighted by Crippen LogP contribution is -2.21. The zero-order valence-electron chi connectivity index (χ0n) is 12.8. The van der Waals surface area contributed by atoms with Gasteiger partial charge < -0.3 is 10.1 Å². The van der Waals surface area contributed by atoms with Crippen LogP contribution < -0.4 is 5.32 Å². The SMILES string of the molecule is N#Cc1ccc(/C=C/C(=O)OCC(=O)Nc2c(F)cccc2F)cc1. The maximum Gasteiger partial charge on any atom is 0.331 e. The first kappa shape index (κ1) is 17.8. The van der Waals surface area contributed by atoms with E-state index in [-0.39, 0.29) is 0 Å². The number of nitrogens with zero attached hydrogens (tertiary/aromatic N) is 1. The summed E-state index contributed by atoms with van der Waals surface area (Å²) in [4.78, 5) is 23.1. The fraction of sp³-hybridized carbons (Fsp3) is 0.0556. The van der Waals surface area contributed by atoms with Crippen molar-refractivity contribution in [1.29, 1.82) is 5.26 Å². The summed E-state index contributed by atoms with van der Waals surface area (Å²) >= 11 is 0. The van der Waals surface area contributed by atoms with Crippen LogP contribution in [0.3, 0.4) is 0 Å². The molecule has 7 heteroatoms. The molecule has 126 valence electrons. The van der Waals surface area contributed by atoms with E-state index in [9.17, 15) is 18.4 Å². The van der Waals surface area contributed by atoms with Gasteiger partial charge in [0.2, 0.25) is 0 Å². The minimum absolute atomic E-state index is 0.483. The highest BCUT2D eigenvalue weighted by atomic mass is 19.1. The second kappa shape index (κ2) is 8.36. The van der Waals surface area contributed by atoms with Gasteiger partial charge in [0.1, 0.15) is 17.3 Å². The molecule has 0 aromatic heterocycles. The maximum absolute atomic E-state index is 13.4. The molecule has 2 aromatic rings. The molecule has 0 atom stereocenters. The molecule has 0 saturated carbocycles. The van der Waals surface area contributed by atoms with Gasteiger partial charge in [-0.3, -0.25) is 4.79 Å². The zero-order valence-corrected chi connectivity index (χ0v) is 12.8. The Morgan fingerprint density at radius 2 is 1.76 bits per heavy atom. The Balaban J connectivity index is 1.85. The molecule has 1 N–H and O–H groups in total. The first-order chi connectivity index (χ1) is 12.0. The standard InChI is InChI=1S/C18H12F2N2O3/c19-14-2-1-3-15(20)18(14)22-16(23)11-25-17(24)9-8-12-4-6-13(10-21)7-5-12/h1-9H,11H2,(H,22,23)/b9-8+. The number of hydrogen-bond donors (Lipinski definition) is 1. The Bertz CT molecular complexity index is 835. The van der Waals surface area contributed by atoms with Gasteiger partial charge in [0, 0.05) is 6.08 Å². The number of rotatable bonds is 5. The number of halogens is 2. The van der Waals surface area contributed by atoms with E-state index in [1.165, 1.54) is 6.08 Å². The highest BCUT2D eigenvalue weighted by Crippen LogP contribution is 2.17. The highest BCUT2D eigenvalue weighted by Gasteiger charge is 2.12. The Morgan fingerprint density at radius 3 is 2.36 bits per heavy atom. The molecule has 5 nitrogen and oxygen atoms in total. The molecule has 0 spiro atoms. The average molecular weight is 342 g/mol. The molecule has 0 aliphatic heterocycles. The number of hydrogen-bond acceptors (Lipinski definition) is 4. The van der Waals surface area contributed by atoms with Crippen LogP contribution in [-0.4, -0.2) is 18.5 Å². The van der Waals surface area contributed by atoms with E-state index < -0.39 is 35.8 Å². The van der Waals surface area contributed by atoms with E-state index in [4.69, 9.17) is 5.26 Å². The number of para-hydroxylation sites is 1. The lowest BCUT2D eigenvalue weighted by atomic mass is 10.1. The molecule has 2 aromatic carbocycles. The second-order valence-corrected chi connectivity index (χ2v) is 4.82. The Labute approximate surface area is 142 Å². The first-order valence-electron chi connectivity index (χ1n) is 7.08. The topological polar surface area (TPSA) is 79.2 Å². The number of carbonyl (C=O) groups excluding carboxylic acids is 2. The summed E-state index contributed by atoms with van der Waals surface area (Å²) in [5, 5.41) is 10.7. The van der Waals surface area contributed by atoms with E-state index >= 15 is 0 Å². The maximum atomic E-state index is 13.4. The summed E-state index contributed by atoms with van der Waals surface area (Å²) in [5.74, 6) is -3.53. The highest BCUT2D eigenvalue weighted by molar-refractivity contribution is 5.94. The summed E-state index contributed by atoms with van der Waals surface area (Å²) in [6, 6.07) is 11.5. The fourth-order valence-electron chi connectivity index (χ4n) is 1.81. The fourth-order valence-corrected chi connectivity index (χ4v) is 1.81. The summed E-state index contributed by atoms with van der Waals surface area (Å²) in [6.45, 7) is -0.690. The summed E-state index contributed by atoms with van der Waals surface area (Å²) < 4.78 is 31.4. The summed E-state index contributed by atoms with van der Waals surface area (Å²) in [7, 11) is 0. The third-order valence-electron chi connectivity index (χ3n) is 3.02. The van der Waals surface area contributed by atoms with Crippen LogP contribution in [0.5, 0.6) is 0 Å². The molecule has 0 aliphatic carbocycles. The predicted octanol–water partition coefficient (Wildman–Crippen LogP) is 3.03. The molecule has 0 heterocycles. The minimum atomic E-state index is -0.930. The molecule has 25 heavy (non-hydrogen) atoms. The van der Waals surface area contributed by atoms with Crippen molar-refractivity contribution in [1.82, 2.24) is 0 Å². The molecule has 0 saturated heterocycles. The molecule has 1 amide bonds. The summed E-state index contributed by atoms with van der Waals surface area (Å²) in [6.07, 6.45) is 2.54. The average Bonchev–Trinajstić information content (AvgIpc) is 2.62. The number of amides is 1. The van der Waals surface area contributed by atoms with Gasteiger partial charge in [0.25, 0.3) is 5.91 Å². The number of nitriles is 1. The molecule has 0 unspecified atom stereocenters. The number of nitrogens with one attached hydrogen (secondary N) is 1. The zero-order chi connectivity index (χ0) is 18.2. The van der Waals surface area contributed by atoms with Crippen LogP contribution in [0.25, 0.3) is 6.08 Å². The lowest BCUT2D eigenvalue weighted by Gasteiger charge is -2.07. The normalized spacial score (nSPS) is 10.3. The van der Waals surface area contributed by atoms with Crippen LogP contribution in [0.2, 0.25) is 0 Å². The van der Waals surface area contributed by atoms with Crippen molar-refractivity contribution in [3.63, 3.8) is 0 Å². The lowest BCUT2D eigenvalue weighted by molar-refractivity contribution is -0.142. The van der Waals surface area contributed by atoms with Gasteiger partial charge in [-0.15, -0.1) is 0 Å². The van der Waals surface area contributed by atoms with Gasteiger partial charge in [-0.25, -0.2) is 13.6 Å². The van der Waals surface area contributed by atoms with Crippen molar-refractivity contribution in [3.8, 4) is 6.07 Å². The van der Waals surface area contributed by atoms with Gasteiger partial charge in [-0.1, -0.05) is 18.2 Å². The van der Waals surface area contributed by atoms with Crippen LogP contribution in [0.4, 0.5) is 14.5 Å². The van der Waals surface area contributed by atoms with Crippen molar-refractivity contribution in [2.75, 3.05) is 11.9 Å². The van der Waals surface area contributed by atoms with Crippen LogP contribution in [0.15, 0.2) is 48.5 Å². The van der Waals surface area contributed by atoms with E-state index in [0.717, 1.165) is 24.3 Å². The van der Waals surface area contributed by atoms with Crippen LogP contribution >= 0.6 is 0 Å².